The van der Waals surface area contributed by atoms with E-state index in [0.717, 1.165) is 0 Å². The minimum absolute atomic E-state index is 0.0802. The quantitative estimate of drug-likeness (QED) is 0.638. The Bertz CT molecular complexity index is 118. The highest BCUT2D eigenvalue weighted by atomic mass is 16.5. The summed E-state index contributed by atoms with van der Waals surface area (Å²) >= 11 is 0. The highest BCUT2D eigenvalue weighted by Gasteiger charge is 2.05. The minimum Gasteiger partial charge on any atom is -0.465 e. The summed E-state index contributed by atoms with van der Waals surface area (Å²) in [6.07, 6.45) is 1.14. The molecule has 0 aliphatic carbocycles. The standard InChI is InChI=1S/C9H19NO2/c1-7(2)6-12-9(11)5-4-8(3)10/h7-8H,4-6,10H2,1-3H3. The molecule has 0 saturated carbocycles. The van der Waals surface area contributed by atoms with Gasteiger partial charge in [-0.1, -0.05) is 13.8 Å². The molecule has 3 nitrogen and oxygen atoms in total. The van der Waals surface area contributed by atoms with Crippen molar-refractivity contribution < 1.29 is 9.53 Å². The first-order chi connectivity index (χ1) is 5.52. The van der Waals surface area contributed by atoms with E-state index in [1.165, 1.54) is 0 Å². The third kappa shape index (κ3) is 7.54. The first-order valence-corrected chi connectivity index (χ1v) is 4.43. The number of ether oxygens (including phenoxy) is 1. The fourth-order valence-corrected chi connectivity index (χ4v) is 0.677. The molecule has 12 heavy (non-hydrogen) atoms. The molecular weight excluding hydrogens is 154 g/mol. The maximum Gasteiger partial charge on any atom is 0.305 e. The van der Waals surface area contributed by atoms with Gasteiger partial charge in [-0.2, -0.15) is 0 Å². The van der Waals surface area contributed by atoms with Crippen LogP contribution in [0.4, 0.5) is 0 Å². The van der Waals surface area contributed by atoms with Crippen molar-refractivity contribution in [3.05, 3.63) is 0 Å². The summed E-state index contributed by atoms with van der Waals surface area (Å²) in [5.41, 5.74) is 5.49. The van der Waals surface area contributed by atoms with Crippen molar-refractivity contribution in [1.82, 2.24) is 0 Å². The molecule has 72 valence electrons. The van der Waals surface area contributed by atoms with Crippen LogP contribution in [0.2, 0.25) is 0 Å². The van der Waals surface area contributed by atoms with Gasteiger partial charge in [0.25, 0.3) is 0 Å². The van der Waals surface area contributed by atoms with Gasteiger partial charge >= 0.3 is 5.97 Å². The molecule has 0 saturated heterocycles. The summed E-state index contributed by atoms with van der Waals surface area (Å²) < 4.78 is 4.96. The van der Waals surface area contributed by atoms with Gasteiger partial charge in [0.15, 0.2) is 0 Å². The molecule has 1 atom stereocenters. The number of hydrogen-bond donors (Lipinski definition) is 1. The molecule has 0 heterocycles. The number of hydrogen-bond acceptors (Lipinski definition) is 3. The average molecular weight is 173 g/mol. The van der Waals surface area contributed by atoms with E-state index in [1.54, 1.807) is 0 Å². The molecule has 0 spiro atoms. The molecule has 0 aliphatic heterocycles. The van der Waals surface area contributed by atoms with E-state index in [9.17, 15) is 4.79 Å². The third-order valence-electron chi connectivity index (χ3n) is 1.38. The predicted octanol–water partition coefficient (Wildman–Crippen LogP) is 1.31. The van der Waals surface area contributed by atoms with E-state index < -0.39 is 0 Å². The first-order valence-electron chi connectivity index (χ1n) is 4.43. The molecule has 0 aromatic rings. The van der Waals surface area contributed by atoms with Crippen LogP contribution in [0.3, 0.4) is 0 Å². The molecule has 0 aromatic carbocycles. The summed E-state index contributed by atoms with van der Waals surface area (Å²) in [5, 5.41) is 0. The number of esters is 1. The lowest BCUT2D eigenvalue weighted by molar-refractivity contribution is -0.144. The fourth-order valence-electron chi connectivity index (χ4n) is 0.677. The van der Waals surface area contributed by atoms with E-state index in [-0.39, 0.29) is 12.0 Å². The van der Waals surface area contributed by atoms with E-state index in [4.69, 9.17) is 10.5 Å². The van der Waals surface area contributed by atoms with Crippen molar-refractivity contribution in [3.8, 4) is 0 Å². The minimum atomic E-state index is -0.138. The molecule has 2 N–H and O–H groups in total. The number of carbonyl (C=O) groups is 1. The van der Waals surface area contributed by atoms with Gasteiger partial charge in [0.1, 0.15) is 0 Å². The second-order valence-electron chi connectivity index (χ2n) is 3.59. The van der Waals surface area contributed by atoms with E-state index in [2.05, 4.69) is 0 Å². The Hall–Kier alpha value is -0.570. The summed E-state index contributed by atoms with van der Waals surface area (Å²) in [4.78, 5) is 11.0. The molecule has 3 heteroatoms. The maximum atomic E-state index is 11.0. The molecule has 0 bridgehead atoms. The molecule has 0 aromatic heterocycles. The van der Waals surface area contributed by atoms with Gasteiger partial charge in [-0.05, 0) is 19.3 Å². The Morgan fingerprint density at radius 3 is 2.42 bits per heavy atom. The Balaban J connectivity index is 3.34. The molecule has 0 radical (unpaired) electrons. The Labute approximate surface area is 74.3 Å². The van der Waals surface area contributed by atoms with Crippen molar-refractivity contribution in [1.29, 1.82) is 0 Å². The zero-order chi connectivity index (χ0) is 9.56. The lowest BCUT2D eigenvalue weighted by Crippen LogP contribution is -2.18. The average Bonchev–Trinajstić information content (AvgIpc) is 1.96. The first kappa shape index (κ1) is 11.4. The van der Waals surface area contributed by atoms with Crippen LogP contribution in [0.25, 0.3) is 0 Å². The van der Waals surface area contributed by atoms with Crippen LogP contribution in [0, 0.1) is 5.92 Å². The highest BCUT2D eigenvalue weighted by molar-refractivity contribution is 5.69. The lowest BCUT2D eigenvalue weighted by atomic mass is 10.2. The largest absolute Gasteiger partial charge is 0.465 e. The van der Waals surface area contributed by atoms with Gasteiger partial charge in [-0.15, -0.1) is 0 Å². The Kier molecular flexibility index (Phi) is 5.72. The van der Waals surface area contributed by atoms with Crippen LogP contribution in [0.5, 0.6) is 0 Å². The number of carbonyl (C=O) groups excluding carboxylic acids is 1. The second-order valence-corrected chi connectivity index (χ2v) is 3.59. The van der Waals surface area contributed by atoms with E-state index >= 15 is 0 Å². The third-order valence-corrected chi connectivity index (χ3v) is 1.38. The molecule has 1 unspecified atom stereocenters. The van der Waals surface area contributed by atoms with E-state index in [0.29, 0.717) is 25.4 Å². The smallest absolute Gasteiger partial charge is 0.305 e. The zero-order valence-corrected chi connectivity index (χ0v) is 8.17. The van der Waals surface area contributed by atoms with Crippen molar-refractivity contribution in [3.63, 3.8) is 0 Å². The molecule has 0 fully saturated rings. The normalized spacial score (nSPS) is 13.1. The van der Waals surface area contributed by atoms with Gasteiger partial charge in [-0.25, -0.2) is 0 Å². The zero-order valence-electron chi connectivity index (χ0n) is 8.17. The molecular formula is C9H19NO2. The van der Waals surface area contributed by atoms with Gasteiger partial charge in [-0.3, -0.25) is 4.79 Å². The van der Waals surface area contributed by atoms with Gasteiger partial charge in [0.2, 0.25) is 0 Å². The SMILES string of the molecule is CC(C)COC(=O)CCC(C)N. The second kappa shape index (κ2) is 6.00. The van der Waals surface area contributed by atoms with Crippen LogP contribution in [-0.2, 0) is 9.53 Å². The van der Waals surface area contributed by atoms with Crippen molar-refractivity contribution in [2.45, 2.75) is 39.7 Å². The highest BCUT2D eigenvalue weighted by Crippen LogP contribution is 1.99. The van der Waals surface area contributed by atoms with Crippen LogP contribution in [0.15, 0.2) is 0 Å². The van der Waals surface area contributed by atoms with Gasteiger partial charge in [0.05, 0.1) is 6.61 Å². The van der Waals surface area contributed by atoms with Crippen molar-refractivity contribution in [2.75, 3.05) is 6.61 Å². The monoisotopic (exact) mass is 173 g/mol. The molecule has 0 aliphatic rings. The number of rotatable bonds is 5. The Morgan fingerprint density at radius 2 is 2.00 bits per heavy atom. The fraction of sp³-hybridized carbons (Fsp3) is 0.889. The van der Waals surface area contributed by atoms with Crippen molar-refractivity contribution in [2.24, 2.45) is 11.7 Å². The van der Waals surface area contributed by atoms with Gasteiger partial charge < -0.3 is 10.5 Å². The Morgan fingerprint density at radius 1 is 1.42 bits per heavy atom. The number of nitrogens with two attached hydrogens (primary N) is 1. The predicted molar refractivity (Wildman–Crippen MR) is 48.7 cm³/mol. The van der Waals surface area contributed by atoms with Crippen LogP contribution < -0.4 is 5.73 Å². The van der Waals surface area contributed by atoms with Crippen LogP contribution in [-0.4, -0.2) is 18.6 Å². The molecule has 0 amide bonds. The summed E-state index contributed by atoms with van der Waals surface area (Å²) in [6.45, 7) is 6.42. The summed E-state index contributed by atoms with van der Waals surface area (Å²) in [7, 11) is 0. The summed E-state index contributed by atoms with van der Waals surface area (Å²) in [5.74, 6) is 0.269. The van der Waals surface area contributed by atoms with Gasteiger partial charge in [0, 0.05) is 12.5 Å². The van der Waals surface area contributed by atoms with Crippen molar-refractivity contribution >= 4 is 5.97 Å². The topological polar surface area (TPSA) is 52.3 Å². The lowest BCUT2D eigenvalue weighted by Gasteiger charge is -2.07. The molecule has 0 rings (SSSR count). The summed E-state index contributed by atoms with van der Waals surface area (Å²) in [6, 6.07) is 0.0802. The van der Waals surface area contributed by atoms with Crippen LogP contribution >= 0.6 is 0 Å². The van der Waals surface area contributed by atoms with E-state index in [1.807, 2.05) is 20.8 Å². The van der Waals surface area contributed by atoms with Crippen LogP contribution in [0.1, 0.15) is 33.6 Å². The maximum absolute atomic E-state index is 11.0.